The Balaban J connectivity index is 1.37. The Morgan fingerprint density at radius 1 is 1.19 bits per heavy atom. The number of hydrazine groups is 1. The van der Waals surface area contributed by atoms with Crippen molar-refractivity contribution in [3.8, 4) is 5.75 Å². The van der Waals surface area contributed by atoms with Crippen molar-refractivity contribution in [1.29, 1.82) is 0 Å². The van der Waals surface area contributed by atoms with Crippen molar-refractivity contribution < 1.29 is 14.3 Å². The molecule has 4 rings (SSSR count). The highest BCUT2D eigenvalue weighted by Gasteiger charge is 2.36. The molecule has 0 bridgehead atoms. The van der Waals surface area contributed by atoms with Crippen LogP contribution in [0.1, 0.15) is 36.4 Å². The topological polar surface area (TPSA) is 95.6 Å². The summed E-state index contributed by atoms with van der Waals surface area (Å²) in [4.78, 5) is 31.9. The van der Waals surface area contributed by atoms with Gasteiger partial charge in [0.1, 0.15) is 11.8 Å². The van der Waals surface area contributed by atoms with Gasteiger partial charge in [-0.25, -0.2) is 10.9 Å². The first-order valence-corrected chi connectivity index (χ1v) is 10.7. The smallest absolute Gasteiger partial charge is 0.241 e. The fraction of sp³-hybridized carbons (Fsp3) is 0.435. The second kappa shape index (κ2) is 9.45. The predicted molar refractivity (Wildman–Crippen MR) is 117 cm³/mol. The molecule has 2 saturated heterocycles. The predicted octanol–water partition coefficient (Wildman–Crippen LogP) is 2.18. The molecule has 8 nitrogen and oxygen atoms in total. The van der Waals surface area contributed by atoms with E-state index in [0.29, 0.717) is 30.9 Å². The van der Waals surface area contributed by atoms with Gasteiger partial charge in [0.15, 0.2) is 0 Å². The molecule has 1 aromatic carbocycles. The first kappa shape index (κ1) is 21.3. The summed E-state index contributed by atoms with van der Waals surface area (Å²) in [7, 11) is 1.59. The molecule has 8 heteroatoms. The summed E-state index contributed by atoms with van der Waals surface area (Å²) in [5.41, 5.74) is 9.14. The summed E-state index contributed by atoms with van der Waals surface area (Å²) >= 11 is 0. The number of likely N-dealkylation sites (tertiary alicyclic amines) is 1. The van der Waals surface area contributed by atoms with Crippen LogP contribution in [0.4, 0.5) is 5.69 Å². The minimum Gasteiger partial charge on any atom is -0.495 e. The third-order valence-electron chi connectivity index (χ3n) is 6.03. The van der Waals surface area contributed by atoms with Crippen molar-refractivity contribution in [2.45, 2.75) is 38.3 Å². The van der Waals surface area contributed by atoms with E-state index in [2.05, 4.69) is 21.2 Å². The maximum atomic E-state index is 13.1. The Labute approximate surface area is 182 Å². The highest BCUT2D eigenvalue weighted by Crippen LogP contribution is 2.28. The molecule has 31 heavy (non-hydrogen) atoms. The molecule has 3 atom stereocenters. The summed E-state index contributed by atoms with van der Waals surface area (Å²) in [5, 5.41) is 2.99. The summed E-state index contributed by atoms with van der Waals surface area (Å²) in [5.74, 6) is 0.350. The van der Waals surface area contributed by atoms with Crippen LogP contribution in [0, 0.1) is 12.8 Å². The van der Waals surface area contributed by atoms with Crippen molar-refractivity contribution in [2.24, 2.45) is 5.92 Å². The van der Waals surface area contributed by atoms with E-state index in [9.17, 15) is 9.59 Å². The first-order chi connectivity index (χ1) is 15.0. The van der Waals surface area contributed by atoms with Gasteiger partial charge in [0.05, 0.1) is 18.7 Å². The average Bonchev–Trinajstić information content (AvgIpc) is 3.30. The van der Waals surface area contributed by atoms with Gasteiger partial charge in [-0.15, -0.1) is 0 Å². The molecular formula is C23H29N5O3. The molecule has 164 valence electrons. The molecule has 0 spiro atoms. The maximum absolute atomic E-state index is 13.1. The Bertz CT molecular complexity index is 936. The number of amides is 2. The van der Waals surface area contributed by atoms with Crippen molar-refractivity contribution >= 4 is 17.5 Å². The van der Waals surface area contributed by atoms with Gasteiger partial charge in [-0.05, 0) is 61.6 Å². The zero-order valence-corrected chi connectivity index (χ0v) is 17.9. The lowest BCUT2D eigenvalue weighted by molar-refractivity contribution is -0.136. The minimum absolute atomic E-state index is 0.0368. The van der Waals surface area contributed by atoms with Crippen LogP contribution in [0.25, 0.3) is 0 Å². The average molecular weight is 424 g/mol. The van der Waals surface area contributed by atoms with Crippen LogP contribution in [0.5, 0.6) is 5.75 Å². The second-order valence-corrected chi connectivity index (χ2v) is 8.23. The van der Waals surface area contributed by atoms with Gasteiger partial charge in [-0.3, -0.25) is 14.6 Å². The first-order valence-electron chi connectivity index (χ1n) is 10.7. The fourth-order valence-electron chi connectivity index (χ4n) is 4.30. The molecule has 2 aliphatic rings. The van der Waals surface area contributed by atoms with Crippen LogP contribution in [-0.2, 0) is 9.59 Å². The number of nitrogens with zero attached hydrogens (tertiary/aromatic N) is 2. The third-order valence-corrected chi connectivity index (χ3v) is 6.03. The monoisotopic (exact) mass is 423 g/mol. The van der Waals surface area contributed by atoms with E-state index in [0.717, 1.165) is 24.0 Å². The number of methoxy groups -OCH3 is 1. The standard InChI is InChI=1S/C23H29N5O3/c1-15-5-6-21(31-2)19(12-15)25-22(29)17-4-3-11-28(14-17)23(30)20-13-18(26-27-20)16-7-9-24-10-8-16/h5-10,12,17-18,20,26-27H,3-4,11,13-14H2,1-2H3,(H,25,29). The molecular weight excluding hydrogens is 394 g/mol. The van der Waals surface area contributed by atoms with E-state index in [4.69, 9.17) is 4.74 Å². The highest BCUT2D eigenvalue weighted by molar-refractivity contribution is 5.94. The largest absolute Gasteiger partial charge is 0.495 e. The molecule has 2 aromatic rings. The Morgan fingerprint density at radius 3 is 2.77 bits per heavy atom. The van der Waals surface area contributed by atoms with Gasteiger partial charge in [0, 0.05) is 31.5 Å². The number of nitrogens with one attached hydrogen (secondary N) is 3. The number of anilines is 1. The lowest BCUT2D eigenvalue weighted by Gasteiger charge is -2.33. The number of aromatic nitrogens is 1. The van der Waals surface area contributed by atoms with E-state index in [1.807, 2.05) is 42.2 Å². The third kappa shape index (κ3) is 4.86. The normalized spacial score (nSPS) is 23.4. The summed E-state index contributed by atoms with van der Waals surface area (Å²) in [6.07, 6.45) is 5.74. The number of aryl methyl sites for hydroxylation is 1. The number of hydrogen-bond acceptors (Lipinski definition) is 6. The van der Waals surface area contributed by atoms with Crippen molar-refractivity contribution in [3.05, 3.63) is 53.9 Å². The van der Waals surface area contributed by atoms with E-state index >= 15 is 0 Å². The molecule has 3 unspecified atom stereocenters. The van der Waals surface area contributed by atoms with Gasteiger partial charge in [-0.2, -0.15) is 0 Å². The molecule has 0 saturated carbocycles. The maximum Gasteiger partial charge on any atom is 0.241 e. The lowest BCUT2D eigenvalue weighted by atomic mass is 9.95. The number of rotatable bonds is 5. The minimum atomic E-state index is -0.308. The number of benzene rings is 1. The number of pyridine rings is 1. The molecule has 2 aliphatic heterocycles. The number of hydrogen-bond donors (Lipinski definition) is 3. The van der Waals surface area contributed by atoms with Crippen LogP contribution >= 0.6 is 0 Å². The molecule has 2 fully saturated rings. The molecule has 0 aliphatic carbocycles. The number of carbonyl (C=O) groups is 2. The summed E-state index contributed by atoms with van der Waals surface area (Å²) in [6.45, 7) is 3.07. The van der Waals surface area contributed by atoms with Gasteiger partial charge in [0.25, 0.3) is 0 Å². The van der Waals surface area contributed by atoms with Gasteiger partial charge in [0.2, 0.25) is 11.8 Å². The summed E-state index contributed by atoms with van der Waals surface area (Å²) in [6, 6.07) is 9.35. The van der Waals surface area contributed by atoms with Crippen LogP contribution in [0.2, 0.25) is 0 Å². The Morgan fingerprint density at radius 2 is 2.00 bits per heavy atom. The van der Waals surface area contributed by atoms with E-state index in [1.54, 1.807) is 19.5 Å². The van der Waals surface area contributed by atoms with Crippen molar-refractivity contribution in [3.63, 3.8) is 0 Å². The van der Waals surface area contributed by atoms with E-state index in [-0.39, 0.29) is 29.8 Å². The van der Waals surface area contributed by atoms with Gasteiger partial charge < -0.3 is 15.0 Å². The van der Waals surface area contributed by atoms with Crippen LogP contribution in [0.15, 0.2) is 42.7 Å². The molecule has 3 heterocycles. The quantitative estimate of drug-likeness (QED) is 0.682. The van der Waals surface area contributed by atoms with Gasteiger partial charge in [-0.1, -0.05) is 6.07 Å². The number of piperidine rings is 1. The summed E-state index contributed by atoms with van der Waals surface area (Å²) < 4.78 is 5.36. The molecule has 3 N–H and O–H groups in total. The zero-order valence-electron chi connectivity index (χ0n) is 17.9. The SMILES string of the molecule is COc1ccc(C)cc1NC(=O)C1CCCN(C(=O)C2CC(c3ccncc3)NN2)C1. The van der Waals surface area contributed by atoms with Crippen LogP contribution in [-0.4, -0.2) is 47.9 Å². The lowest BCUT2D eigenvalue weighted by Crippen LogP contribution is -2.50. The molecule has 2 amide bonds. The van der Waals surface area contributed by atoms with Crippen LogP contribution in [0.3, 0.4) is 0 Å². The van der Waals surface area contributed by atoms with Gasteiger partial charge >= 0.3 is 0 Å². The number of ether oxygens (including phenoxy) is 1. The van der Waals surface area contributed by atoms with Crippen molar-refractivity contribution in [2.75, 3.05) is 25.5 Å². The Hall–Kier alpha value is -2.97. The fourth-order valence-corrected chi connectivity index (χ4v) is 4.30. The number of carbonyl (C=O) groups excluding carboxylic acids is 2. The van der Waals surface area contributed by atoms with E-state index < -0.39 is 0 Å². The second-order valence-electron chi connectivity index (χ2n) is 8.23. The molecule has 1 aromatic heterocycles. The highest BCUT2D eigenvalue weighted by atomic mass is 16.5. The van der Waals surface area contributed by atoms with Crippen molar-refractivity contribution in [1.82, 2.24) is 20.7 Å². The van der Waals surface area contributed by atoms with Crippen LogP contribution < -0.4 is 20.9 Å². The van der Waals surface area contributed by atoms with E-state index in [1.165, 1.54) is 0 Å². The molecule has 0 radical (unpaired) electrons. The zero-order chi connectivity index (χ0) is 21.8. The Kier molecular flexibility index (Phi) is 6.48.